The summed E-state index contributed by atoms with van der Waals surface area (Å²) >= 11 is 0. The van der Waals surface area contributed by atoms with Gasteiger partial charge in [0, 0.05) is 38.3 Å². The van der Waals surface area contributed by atoms with Crippen molar-refractivity contribution in [2.45, 2.75) is 51.8 Å². The van der Waals surface area contributed by atoms with Crippen LogP contribution in [0.3, 0.4) is 0 Å². The van der Waals surface area contributed by atoms with Crippen LogP contribution in [-0.4, -0.2) is 42.8 Å². The van der Waals surface area contributed by atoms with Crippen LogP contribution in [0.15, 0.2) is 30.3 Å². The highest BCUT2D eigenvalue weighted by atomic mass is 16.5. The molecular formula is C18H30N2O. The maximum Gasteiger partial charge on any atom is 0.0752 e. The van der Waals surface area contributed by atoms with Crippen molar-refractivity contribution in [3.63, 3.8) is 0 Å². The molecule has 0 bridgehead atoms. The molecule has 0 spiro atoms. The van der Waals surface area contributed by atoms with Gasteiger partial charge >= 0.3 is 0 Å². The minimum absolute atomic E-state index is 0.0998. The summed E-state index contributed by atoms with van der Waals surface area (Å²) in [6.45, 7) is 12.6. The first-order chi connectivity index (χ1) is 10.1. The van der Waals surface area contributed by atoms with Crippen molar-refractivity contribution >= 4 is 0 Å². The second kappa shape index (κ2) is 7.39. The Morgan fingerprint density at radius 2 is 1.95 bits per heavy atom. The molecule has 1 aliphatic rings. The average Bonchev–Trinajstić information content (AvgIpc) is 2.47. The van der Waals surface area contributed by atoms with E-state index in [1.165, 1.54) is 12.0 Å². The monoisotopic (exact) mass is 290 g/mol. The summed E-state index contributed by atoms with van der Waals surface area (Å²) in [5.41, 5.74) is 1.30. The third kappa shape index (κ3) is 4.53. The molecule has 1 aliphatic heterocycles. The molecule has 3 heteroatoms. The van der Waals surface area contributed by atoms with E-state index in [4.69, 9.17) is 4.74 Å². The number of hydrogen-bond acceptors (Lipinski definition) is 3. The predicted octanol–water partition coefficient (Wildman–Crippen LogP) is 3.23. The second-order valence-corrected chi connectivity index (χ2v) is 6.56. The molecule has 0 saturated carbocycles. The Morgan fingerprint density at radius 3 is 2.57 bits per heavy atom. The molecule has 21 heavy (non-hydrogen) atoms. The van der Waals surface area contributed by atoms with Crippen molar-refractivity contribution in [3.8, 4) is 0 Å². The van der Waals surface area contributed by atoms with E-state index < -0.39 is 0 Å². The number of piperazine rings is 1. The van der Waals surface area contributed by atoms with Gasteiger partial charge in [0.1, 0.15) is 0 Å². The summed E-state index contributed by atoms with van der Waals surface area (Å²) in [6.07, 6.45) is 1.17. The van der Waals surface area contributed by atoms with E-state index in [9.17, 15) is 0 Å². The third-order valence-electron chi connectivity index (χ3n) is 4.29. The van der Waals surface area contributed by atoms with Gasteiger partial charge in [-0.3, -0.25) is 4.90 Å². The van der Waals surface area contributed by atoms with Crippen molar-refractivity contribution in [2.24, 2.45) is 0 Å². The largest absolute Gasteiger partial charge is 0.375 e. The number of rotatable bonds is 6. The van der Waals surface area contributed by atoms with Crippen LogP contribution in [0.4, 0.5) is 0 Å². The molecule has 2 atom stereocenters. The van der Waals surface area contributed by atoms with Crippen molar-refractivity contribution in [1.82, 2.24) is 10.2 Å². The molecule has 3 nitrogen and oxygen atoms in total. The quantitative estimate of drug-likeness (QED) is 0.870. The smallest absolute Gasteiger partial charge is 0.0752 e. The highest BCUT2D eigenvalue weighted by molar-refractivity contribution is 5.20. The van der Waals surface area contributed by atoms with Gasteiger partial charge in [0.05, 0.1) is 5.60 Å². The lowest BCUT2D eigenvalue weighted by Gasteiger charge is -2.43. The van der Waals surface area contributed by atoms with Crippen molar-refractivity contribution in [2.75, 3.05) is 26.2 Å². The van der Waals surface area contributed by atoms with Gasteiger partial charge < -0.3 is 10.1 Å². The fourth-order valence-corrected chi connectivity index (χ4v) is 3.26. The standard InChI is InChI=1S/C18H30N2O/c1-5-16-13-20(14-18(3,4)21-6-2)17(12-19-16)15-10-8-7-9-11-15/h7-11,16-17,19H,5-6,12-14H2,1-4H3. The summed E-state index contributed by atoms with van der Waals surface area (Å²) in [7, 11) is 0. The number of nitrogens with zero attached hydrogens (tertiary/aromatic N) is 1. The first kappa shape index (κ1) is 16.5. The maximum absolute atomic E-state index is 5.92. The molecule has 1 aromatic rings. The average molecular weight is 290 g/mol. The highest BCUT2D eigenvalue weighted by Crippen LogP contribution is 2.26. The third-order valence-corrected chi connectivity index (χ3v) is 4.29. The van der Waals surface area contributed by atoms with Crippen molar-refractivity contribution in [1.29, 1.82) is 0 Å². The molecule has 2 unspecified atom stereocenters. The van der Waals surface area contributed by atoms with E-state index in [1.54, 1.807) is 0 Å². The van der Waals surface area contributed by atoms with Crippen LogP contribution in [0.2, 0.25) is 0 Å². The number of hydrogen-bond donors (Lipinski definition) is 1. The maximum atomic E-state index is 5.92. The Hall–Kier alpha value is -0.900. The summed E-state index contributed by atoms with van der Waals surface area (Å²) in [6, 6.07) is 11.8. The summed E-state index contributed by atoms with van der Waals surface area (Å²) in [5, 5.41) is 3.68. The molecule has 0 aromatic heterocycles. The zero-order valence-corrected chi connectivity index (χ0v) is 13.9. The Bertz CT molecular complexity index is 418. The number of nitrogens with one attached hydrogen (secondary N) is 1. The molecule has 0 amide bonds. The van der Waals surface area contributed by atoms with E-state index in [1.807, 2.05) is 0 Å². The number of ether oxygens (including phenoxy) is 1. The molecule has 1 fully saturated rings. The Kier molecular flexibility index (Phi) is 5.80. The molecule has 118 valence electrons. The Balaban J connectivity index is 2.14. The summed E-state index contributed by atoms with van der Waals surface area (Å²) in [4.78, 5) is 2.59. The molecule has 0 aliphatic carbocycles. The zero-order valence-electron chi connectivity index (χ0n) is 13.9. The van der Waals surface area contributed by atoms with Crippen LogP contribution in [0.1, 0.15) is 45.7 Å². The van der Waals surface area contributed by atoms with Gasteiger partial charge in [-0.1, -0.05) is 37.3 Å². The molecule has 1 heterocycles. The molecule has 2 rings (SSSR count). The first-order valence-corrected chi connectivity index (χ1v) is 8.22. The lowest BCUT2D eigenvalue weighted by atomic mass is 9.97. The van der Waals surface area contributed by atoms with Gasteiger partial charge in [0.15, 0.2) is 0 Å². The van der Waals surface area contributed by atoms with Gasteiger partial charge in [0.25, 0.3) is 0 Å². The van der Waals surface area contributed by atoms with Gasteiger partial charge in [-0.25, -0.2) is 0 Å². The molecular weight excluding hydrogens is 260 g/mol. The molecule has 1 aromatic carbocycles. The lowest BCUT2D eigenvalue weighted by molar-refractivity contribution is -0.0494. The summed E-state index contributed by atoms with van der Waals surface area (Å²) < 4.78 is 5.92. The van der Waals surface area contributed by atoms with Crippen LogP contribution in [-0.2, 0) is 4.74 Å². The zero-order chi connectivity index (χ0) is 15.3. The lowest BCUT2D eigenvalue weighted by Crippen LogP contribution is -2.55. The first-order valence-electron chi connectivity index (χ1n) is 8.22. The Morgan fingerprint density at radius 1 is 1.24 bits per heavy atom. The van der Waals surface area contributed by atoms with Gasteiger partial charge in [-0.2, -0.15) is 0 Å². The van der Waals surface area contributed by atoms with Crippen molar-refractivity contribution < 1.29 is 4.74 Å². The highest BCUT2D eigenvalue weighted by Gasteiger charge is 2.32. The van der Waals surface area contributed by atoms with Crippen LogP contribution in [0.5, 0.6) is 0 Å². The summed E-state index contributed by atoms with van der Waals surface area (Å²) in [5.74, 6) is 0. The van der Waals surface area contributed by atoms with Crippen molar-refractivity contribution in [3.05, 3.63) is 35.9 Å². The Labute approximate surface area is 129 Å². The fraction of sp³-hybridized carbons (Fsp3) is 0.667. The molecule has 0 radical (unpaired) electrons. The minimum atomic E-state index is -0.0998. The second-order valence-electron chi connectivity index (χ2n) is 6.56. The van der Waals surface area contributed by atoms with E-state index in [2.05, 4.69) is 68.2 Å². The fourth-order valence-electron chi connectivity index (χ4n) is 3.26. The van der Waals surface area contributed by atoms with E-state index >= 15 is 0 Å². The van der Waals surface area contributed by atoms with Gasteiger partial charge in [-0.05, 0) is 32.8 Å². The topological polar surface area (TPSA) is 24.5 Å². The van der Waals surface area contributed by atoms with E-state index in [0.29, 0.717) is 12.1 Å². The number of benzene rings is 1. The van der Waals surface area contributed by atoms with E-state index in [-0.39, 0.29) is 5.60 Å². The normalized spacial score (nSPS) is 24.2. The predicted molar refractivity (Wildman–Crippen MR) is 88.5 cm³/mol. The van der Waals surface area contributed by atoms with Gasteiger partial charge in [0.2, 0.25) is 0 Å². The molecule has 1 N–H and O–H groups in total. The van der Waals surface area contributed by atoms with Crippen LogP contribution < -0.4 is 5.32 Å². The van der Waals surface area contributed by atoms with Gasteiger partial charge in [-0.15, -0.1) is 0 Å². The van der Waals surface area contributed by atoms with Crippen LogP contribution >= 0.6 is 0 Å². The molecule has 1 saturated heterocycles. The van der Waals surface area contributed by atoms with Crippen LogP contribution in [0.25, 0.3) is 0 Å². The SMILES string of the molecule is CCOC(C)(C)CN1CC(CC)NCC1c1ccccc1. The van der Waals surface area contributed by atoms with E-state index in [0.717, 1.165) is 26.2 Å². The van der Waals surface area contributed by atoms with Crippen LogP contribution in [0, 0.1) is 0 Å². The minimum Gasteiger partial charge on any atom is -0.375 e.